The first-order chi connectivity index (χ1) is 7.76. The Hall–Kier alpha value is -0.0900. The van der Waals surface area contributed by atoms with Gasteiger partial charge < -0.3 is 10.4 Å². The number of hydrogen-bond acceptors (Lipinski definition) is 3. The fourth-order valence-corrected chi connectivity index (χ4v) is 2.83. The molecule has 1 heterocycles. The van der Waals surface area contributed by atoms with Crippen LogP contribution in [0.5, 0.6) is 0 Å². The molecule has 0 aliphatic rings. The number of halogens is 1. The summed E-state index contributed by atoms with van der Waals surface area (Å²) in [6.45, 7) is 4.33. The molecule has 1 unspecified atom stereocenters. The van der Waals surface area contributed by atoms with Crippen molar-refractivity contribution in [3.05, 3.63) is 21.3 Å². The van der Waals surface area contributed by atoms with Gasteiger partial charge in [0.15, 0.2) is 0 Å². The first-order valence-corrected chi connectivity index (χ1v) is 7.06. The van der Waals surface area contributed by atoms with Crippen molar-refractivity contribution < 1.29 is 5.11 Å². The third-order valence-electron chi connectivity index (χ3n) is 2.59. The summed E-state index contributed by atoms with van der Waals surface area (Å²) in [6.07, 6.45) is 3.25. The van der Waals surface area contributed by atoms with E-state index in [1.807, 2.05) is 11.4 Å². The van der Waals surface area contributed by atoms with Gasteiger partial charge in [-0.2, -0.15) is 0 Å². The van der Waals surface area contributed by atoms with E-state index in [0.717, 1.165) is 24.5 Å². The number of nitrogens with one attached hydrogen (secondary N) is 1. The van der Waals surface area contributed by atoms with Gasteiger partial charge in [-0.15, -0.1) is 11.3 Å². The Morgan fingerprint density at radius 1 is 1.50 bits per heavy atom. The molecule has 2 N–H and O–H groups in total. The lowest BCUT2D eigenvalue weighted by Gasteiger charge is -2.15. The number of hydrogen-bond donors (Lipinski definition) is 2. The average molecular weight is 262 g/mol. The van der Waals surface area contributed by atoms with Crippen molar-refractivity contribution >= 4 is 22.9 Å². The predicted octanol–water partition coefficient (Wildman–Crippen LogP) is 3.29. The second-order valence-electron chi connectivity index (χ2n) is 4.03. The van der Waals surface area contributed by atoms with Crippen LogP contribution in [0, 0.1) is 5.92 Å². The summed E-state index contributed by atoms with van der Waals surface area (Å²) >= 11 is 7.54. The zero-order valence-corrected chi connectivity index (χ0v) is 11.3. The Labute approximate surface area is 107 Å². The maximum atomic E-state index is 8.94. The van der Waals surface area contributed by atoms with E-state index in [1.165, 1.54) is 17.7 Å². The Morgan fingerprint density at radius 3 is 2.88 bits per heavy atom. The predicted molar refractivity (Wildman–Crippen MR) is 71.1 cm³/mol. The van der Waals surface area contributed by atoms with Gasteiger partial charge in [-0.25, -0.2) is 0 Å². The molecular weight excluding hydrogens is 242 g/mol. The van der Waals surface area contributed by atoms with E-state index >= 15 is 0 Å². The van der Waals surface area contributed by atoms with Crippen molar-refractivity contribution in [2.45, 2.75) is 32.7 Å². The van der Waals surface area contributed by atoms with Crippen LogP contribution in [0.4, 0.5) is 0 Å². The van der Waals surface area contributed by atoms with E-state index in [1.54, 1.807) is 11.3 Å². The summed E-state index contributed by atoms with van der Waals surface area (Å²) < 4.78 is 0. The van der Waals surface area contributed by atoms with E-state index < -0.39 is 0 Å². The molecule has 4 heteroatoms. The molecular formula is C12H20ClNOS. The minimum absolute atomic E-state index is 0.289. The molecule has 1 aromatic rings. The molecule has 2 nitrogen and oxygen atoms in total. The smallest absolute Gasteiger partial charge is 0.0516 e. The van der Waals surface area contributed by atoms with Gasteiger partial charge in [0.25, 0.3) is 0 Å². The second-order valence-corrected chi connectivity index (χ2v) is 5.46. The van der Waals surface area contributed by atoms with Gasteiger partial charge in [0, 0.05) is 23.4 Å². The van der Waals surface area contributed by atoms with Crippen molar-refractivity contribution in [3.8, 4) is 0 Å². The highest BCUT2D eigenvalue weighted by atomic mass is 35.5. The Morgan fingerprint density at radius 2 is 2.31 bits per heavy atom. The summed E-state index contributed by atoms with van der Waals surface area (Å²) in [5.41, 5.74) is 0. The third kappa shape index (κ3) is 5.30. The summed E-state index contributed by atoms with van der Waals surface area (Å²) in [4.78, 5) is 1.27. The van der Waals surface area contributed by atoms with Crippen LogP contribution in [-0.4, -0.2) is 18.3 Å². The van der Waals surface area contributed by atoms with Crippen LogP contribution in [0.2, 0.25) is 5.02 Å². The van der Waals surface area contributed by atoms with Crippen LogP contribution in [0.3, 0.4) is 0 Å². The Bertz CT molecular complexity index is 284. The van der Waals surface area contributed by atoms with Crippen LogP contribution < -0.4 is 5.32 Å². The summed E-state index contributed by atoms with van der Waals surface area (Å²) in [5.74, 6) is 0.588. The fraction of sp³-hybridized carbons (Fsp3) is 0.667. The van der Waals surface area contributed by atoms with Gasteiger partial charge in [-0.1, -0.05) is 24.9 Å². The van der Waals surface area contributed by atoms with Crippen molar-refractivity contribution in [2.75, 3.05) is 13.2 Å². The van der Waals surface area contributed by atoms with E-state index in [2.05, 4.69) is 12.2 Å². The molecule has 1 aromatic heterocycles. The largest absolute Gasteiger partial charge is 0.396 e. The van der Waals surface area contributed by atoms with Crippen molar-refractivity contribution in [1.82, 2.24) is 5.32 Å². The number of aliphatic hydroxyl groups excluding tert-OH is 1. The summed E-state index contributed by atoms with van der Waals surface area (Å²) in [6, 6.07) is 2.00. The van der Waals surface area contributed by atoms with Crippen LogP contribution in [0.25, 0.3) is 0 Å². The number of aliphatic hydroxyl groups is 1. The van der Waals surface area contributed by atoms with Crippen molar-refractivity contribution in [2.24, 2.45) is 5.92 Å². The second kappa shape index (κ2) is 8.07. The van der Waals surface area contributed by atoms with Crippen LogP contribution in [0.15, 0.2) is 11.4 Å². The molecule has 0 saturated carbocycles. The minimum Gasteiger partial charge on any atom is -0.396 e. The van der Waals surface area contributed by atoms with E-state index in [0.29, 0.717) is 5.92 Å². The molecule has 0 bridgehead atoms. The lowest BCUT2D eigenvalue weighted by molar-refractivity contribution is 0.248. The van der Waals surface area contributed by atoms with E-state index in [-0.39, 0.29) is 6.61 Å². The Balaban J connectivity index is 2.21. The lowest BCUT2D eigenvalue weighted by atomic mass is 10.0. The van der Waals surface area contributed by atoms with Crippen molar-refractivity contribution in [3.63, 3.8) is 0 Å². The average Bonchev–Trinajstić information content (AvgIpc) is 2.65. The molecule has 92 valence electrons. The maximum Gasteiger partial charge on any atom is 0.0516 e. The van der Waals surface area contributed by atoms with Gasteiger partial charge in [0.1, 0.15) is 0 Å². The molecule has 0 fully saturated rings. The zero-order chi connectivity index (χ0) is 11.8. The molecule has 0 spiro atoms. The van der Waals surface area contributed by atoms with Gasteiger partial charge in [-0.3, -0.25) is 0 Å². The molecule has 0 aliphatic heterocycles. The molecule has 0 aliphatic carbocycles. The highest BCUT2D eigenvalue weighted by molar-refractivity contribution is 7.10. The Kier molecular flexibility index (Phi) is 7.05. The normalized spacial score (nSPS) is 12.9. The molecule has 0 saturated heterocycles. The van der Waals surface area contributed by atoms with Gasteiger partial charge in [-0.05, 0) is 31.4 Å². The number of rotatable bonds is 8. The quantitative estimate of drug-likeness (QED) is 0.753. The van der Waals surface area contributed by atoms with Crippen LogP contribution in [-0.2, 0) is 6.54 Å². The van der Waals surface area contributed by atoms with Crippen LogP contribution >= 0.6 is 22.9 Å². The minimum atomic E-state index is 0.289. The molecule has 0 radical (unpaired) electrons. The lowest BCUT2D eigenvalue weighted by Crippen LogP contribution is -2.22. The highest BCUT2D eigenvalue weighted by Crippen LogP contribution is 2.19. The topological polar surface area (TPSA) is 32.3 Å². The molecule has 16 heavy (non-hydrogen) atoms. The van der Waals surface area contributed by atoms with Gasteiger partial charge >= 0.3 is 0 Å². The molecule has 1 rings (SSSR count). The highest BCUT2D eigenvalue weighted by Gasteiger charge is 2.06. The fourth-order valence-electron chi connectivity index (χ4n) is 1.79. The van der Waals surface area contributed by atoms with E-state index in [9.17, 15) is 0 Å². The first-order valence-electron chi connectivity index (χ1n) is 5.80. The maximum absolute atomic E-state index is 8.94. The van der Waals surface area contributed by atoms with Gasteiger partial charge in [0.05, 0.1) is 5.02 Å². The first kappa shape index (κ1) is 14.0. The summed E-state index contributed by atoms with van der Waals surface area (Å²) in [7, 11) is 0. The molecule has 0 aromatic carbocycles. The molecule has 1 atom stereocenters. The van der Waals surface area contributed by atoms with Crippen LogP contribution in [0.1, 0.15) is 31.1 Å². The number of thiophene rings is 1. The zero-order valence-electron chi connectivity index (χ0n) is 9.71. The van der Waals surface area contributed by atoms with Crippen molar-refractivity contribution in [1.29, 1.82) is 0 Å². The SMILES string of the molecule is CCCC(CCO)CNCc1cc(Cl)cs1. The van der Waals surface area contributed by atoms with Gasteiger partial charge in [0.2, 0.25) is 0 Å². The third-order valence-corrected chi connectivity index (χ3v) is 3.87. The summed E-state index contributed by atoms with van der Waals surface area (Å²) in [5, 5.41) is 15.1. The molecule has 0 amide bonds. The standard InChI is InChI=1S/C12H20ClNOS/c1-2-3-10(4-5-15)7-14-8-12-6-11(13)9-16-12/h6,9-10,14-15H,2-5,7-8H2,1H3. The van der Waals surface area contributed by atoms with E-state index in [4.69, 9.17) is 16.7 Å². The monoisotopic (exact) mass is 261 g/mol.